The minimum Gasteiger partial charge on any atom is -0.618 e. The Labute approximate surface area is 204 Å². The Kier molecular flexibility index (Phi) is 11.2. The number of nitro groups is 2. The Balaban J connectivity index is 0.000000265. The van der Waals surface area contributed by atoms with Gasteiger partial charge in [0.05, 0.1) is 22.0 Å². The van der Waals surface area contributed by atoms with Gasteiger partial charge in [-0.05, 0) is 5.92 Å². The van der Waals surface area contributed by atoms with Crippen molar-refractivity contribution in [2.45, 2.75) is 59.3 Å². The molecular formula is C24H31N5O6. The van der Waals surface area contributed by atoms with Gasteiger partial charge in [-0.1, -0.05) is 47.6 Å². The van der Waals surface area contributed by atoms with Crippen LogP contribution in [0.25, 0.3) is 0 Å². The number of aromatic nitrogens is 3. The summed E-state index contributed by atoms with van der Waals surface area (Å²) in [6.07, 6.45) is 4.15. The summed E-state index contributed by atoms with van der Waals surface area (Å²) in [6, 6.07) is 10.9. The van der Waals surface area contributed by atoms with Crippen LogP contribution in [0.5, 0.6) is 0 Å². The van der Waals surface area contributed by atoms with Gasteiger partial charge in [-0.15, -0.1) is 0 Å². The molecule has 35 heavy (non-hydrogen) atoms. The van der Waals surface area contributed by atoms with Gasteiger partial charge in [-0.2, -0.15) is 9.46 Å². The van der Waals surface area contributed by atoms with Gasteiger partial charge >= 0.3 is 0 Å². The molecule has 11 nitrogen and oxygen atoms in total. The molecule has 0 aliphatic carbocycles. The Morgan fingerprint density at radius 3 is 1.71 bits per heavy atom. The minimum absolute atomic E-state index is 0.0163. The van der Waals surface area contributed by atoms with Crippen LogP contribution >= 0.6 is 0 Å². The molecule has 0 unspecified atom stereocenters. The van der Waals surface area contributed by atoms with Crippen LogP contribution in [-0.2, 0) is 0 Å². The molecular weight excluding hydrogens is 454 g/mol. The predicted molar refractivity (Wildman–Crippen MR) is 131 cm³/mol. The third-order valence-corrected chi connectivity index (χ3v) is 4.75. The lowest BCUT2D eigenvalue weighted by Crippen LogP contribution is -2.31. The molecule has 0 atom stereocenters. The van der Waals surface area contributed by atoms with E-state index in [9.17, 15) is 30.6 Å². The monoisotopic (exact) mass is 485 g/mol. The van der Waals surface area contributed by atoms with Crippen molar-refractivity contribution in [2.24, 2.45) is 0 Å². The van der Waals surface area contributed by atoms with E-state index in [0.29, 0.717) is 16.3 Å². The third kappa shape index (κ3) is 9.32. The lowest BCUT2D eigenvalue weighted by Gasteiger charge is -2.05. The van der Waals surface area contributed by atoms with Gasteiger partial charge in [0.1, 0.15) is 0 Å². The van der Waals surface area contributed by atoms with Gasteiger partial charge in [-0.25, -0.2) is 0 Å². The van der Waals surface area contributed by atoms with E-state index in [-0.39, 0.29) is 23.2 Å². The fourth-order valence-corrected chi connectivity index (χ4v) is 2.78. The standard InChI is InChI=1S/C8H10N2O3.C8H10N2O2.C8H11NO/c1-6(2)8-5-7(10(12)13)3-4-9(8)11;1-6(2)8-5-7(10(11)12)3-4-9-8;1-7(2)8-5-3-4-6-9(8)10/h3-6H,1-2H3;3-6H,1-2H3;3-7H,1-2H3. The van der Waals surface area contributed by atoms with Crippen molar-refractivity contribution < 1.29 is 19.3 Å². The maximum Gasteiger partial charge on any atom is 0.281 e. The van der Waals surface area contributed by atoms with Crippen molar-refractivity contribution in [2.75, 3.05) is 0 Å². The Morgan fingerprint density at radius 2 is 1.26 bits per heavy atom. The zero-order valence-corrected chi connectivity index (χ0v) is 20.7. The maximum atomic E-state index is 11.1. The first-order valence-corrected chi connectivity index (χ1v) is 11.0. The zero-order chi connectivity index (χ0) is 26.7. The van der Waals surface area contributed by atoms with E-state index in [2.05, 4.69) is 4.98 Å². The third-order valence-electron chi connectivity index (χ3n) is 4.75. The second-order valence-corrected chi connectivity index (χ2v) is 8.50. The largest absolute Gasteiger partial charge is 0.618 e. The van der Waals surface area contributed by atoms with Crippen molar-refractivity contribution in [3.63, 3.8) is 0 Å². The molecule has 0 bridgehead atoms. The molecule has 0 aliphatic heterocycles. The normalized spacial score (nSPS) is 10.3. The molecule has 3 heterocycles. The number of nitrogens with zero attached hydrogens (tertiary/aromatic N) is 5. The van der Waals surface area contributed by atoms with Gasteiger partial charge in [0, 0.05) is 48.0 Å². The lowest BCUT2D eigenvalue weighted by molar-refractivity contribution is -0.616. The zero-order valence-electron chi connectivity index (χ0n) is 20.7. The summed E-state index contributed by atoms with van der Waals surface area (Å²) in [5.41, 5.74) is 2.05. The van der Waals surface area contributed by atoms with Crippen LogP contribution in [-0.4, -0.2) is 14.8 Å². The van der Waals surface area contributed by atoms with Gasteiger partial charge in [0.2, 0.25) is 5.69 Å². The highest BCUT2D eigenvalue weighted by Gasteiger charge is 2.16. The second kappa shape index (κ2) is 13.5. The van der Waals surface area contributed by atoms with E-state index in [1.54, 1.807) is 6.07 Å². The summed E-state index contributed by atoms with van der Waals surface area (Å²) in [7, 11) is 0. The molecule has 0 saturated carbocycles. The van der Waals surface area contributed by atoms with Crippen molar-refractivity contribution in [1.82, 2.24) is 4.98 Å². The van der Waals surface area contributed by atoms with Crippen LogP contribution in [0.3, 0.4) is 0 Å². The number of hydrogen-bond donors (Lipinski definition) is 0. The predicted octanol–water partition coefficient (Wildman–Crippen LogP) is 4.91. The van der Waals surface area contributed by atoms with Crippen LogP contribution < -0.4 is 9.46 Å². The molecule has 0 aromatic carbocycles. The molecule has 0 spiro atoms. The van der Waals surface area contributed by atoms with Crippen LogP contribution in [0, 0.1) is 30.6 Å². The smallest absolute Gasteiger partial charge is 0.281 e. The molecule has 188 valence electrons. The maximum absolute atomic E-state index is 11.1. The highest BCUT2D eigenvalue weighted by molar-refractivity contribution is 5.30. The summed E-state index contributed by atoms with van der Waals surface area (Å²) >= 11 is 0. The fourth-order valence-electron chi connectivity index (χ4n) is 2.78. The molecule has 0 radical (unpaired) electrons. The first-order valence-electron chi connectivity index (χ1n) is 11.0. The quantitative estimate of drug-likeness (QED) is 0.215. The summed E-state index contributed by atoms with van der Waals surface area (Å²) in [5, 5.41) is 42.8. The Hall–Kier alpha value is -4.15. The summed E-state index contributed by atoms with van der Waals surface area (Å²) in [6.45, 7) is 11.5. The van der Waals surface area contributed by atoms with E-state index in [0.717, 1.165) is 22.3 Å². The highest BCUT2D eigenvalue weighted by atomic mass is 16.6. The Bertz CT molecular complexity index is 1130. The molecule has 11 heteroatoms. The van der Waals surface area contributed by atoms with E-state index < -0.39 is 9.85 Å². The minimum atomic E-state index is -0.508. The van der Waals surface area contributed by atoms with Crippen LogP contribution in [0.2, 0.25) is 0 Å². The molecule has 0 aliphatic rings. The van der Waals surface area contributed by atoms with E-state index in [1.165, 1.54) is 36.7 Å². The summed E-state index contributed by atoms with van der Waals surface area (Å²) in [4.78, 5) is 23.8. The van der Waals surface area contributed by atoms with E-state index in [1.807, 2.05) is 53.7 Å². The highest BCUT2D eigenvalue weighted by Crippen LogP contribution is 2.17. The summed E-state index contributed by atoms with van der Waals surface area (Å²) < 4.78 is 1.56. The number of rotatable bonds is 5. The molecule has 3 aromatic heterocycles. The lowest BCUT2D eigenvalue weighted by atomic mass is 10.1. The molecule has 0 N–H and O–H groups in total. The topological polar surface area (TPSA) is 153 Å². The fraction of sp³-hybridized carbons (Fsp3) is 0.375. The van der Waals surface area contributed by atoms with Crippen LogP contribution in [0.1, 0.15) is 76.4 Å². The van der Waals surface area contributed by atoms with E-state index in [4.69, 9.17) is 0 Å². The SMILES string of the molecule is CC(C)c1cc([N+](=O)[O-])cc[n+]1[O-].CC(C)c1cc([N+](=O)[O-])ccn1.CC(C)c1cccc[n+]1[O-]. The Morgan fingerprint density at radius 1 is 0.714 bits per heavy atom. The number of hydrogen-bond acceptors (Lipinski definition) is 7. The van der Waals surface area contributed by atoms with Gasteiger partial charge < -0.3 is 10.4 Å². The van der Waals surface area contributed by atoms with Crippen molar-refractivity contribution in [3.05, 3.63) is 109 Å². The van der Waals surface area contributed by atoms with Crippen molar-refractivity contribution in [1.29, 1.82) is 0 Å². The van der Waals surface area contributed by atoms with Crippen molar-refractivity contribution in [3.8, 4) is 0 Å². The molecule has 0 fully saturated rings. The average Bonchev–Trinajstić information content (AvgIpc) is 2.80. The first kappa shape index (κ1) is 28.9. The molecule has 0 amide bonds. The second-order valence-electron chi connectivity index (χ2n) is 8.50. The van der Waals surface area contributed by atoms with Crippen LogP contribution in [0.4, 0.5) is 11.4 Å². The van der Waals surface area contributed by atoms with Crippen molar-refractivity contribution >= 4 is 11.4 Å². The van der Waals surface area contributed by atoms with Gasteiger partial charge in [0.25, 0.3) is 11.4 Å². The van der Waals surface area contributed by atoms with Gasteiger partial charge in [-0.3, -0.25) is 25.2 Å². The molecule has 3 rings (SSSR count). The number of pyridine rings is 3. The van der Waals surface area contributed by atoms with E-state index >= 15 is 0 Å². The molecule has 0 saturated heterocycles. The van der Waals surface area contributed by atoms with Crippen LogP contribution in [0.15, 0.2) is 61.1 Å². The first-order chi connectivity index (χ1) is 16.3. The average molecular weight is 486 g/mol. The van der Waals surface area contributed by atoms with Gasteiger partial charge in [0.15, 0.2) is 18.1 Å². The summed E-state index contributed by atoms with van der Waals surface area (Å²) in [5.74, 6) is 0.515. The molecule has 3 aromatic rings.